The molecule has 0 spiro atoms. The first-order valence-corrected chi connectivity index (χ1v) is 7.88. The van der Waals surface area contributed by atoms with Crippen LogP contribution in [0.1, 0.15) is 53.2 Å². The van der Waals surface area contributed by atoms with Crippen LogP contribution in [0.5, 0.6) is 0 Å². The number of rotatable bonds is 7. The third kappa shape index (κ3) is 3.63. The minimum absolute atomic E-state index is 0.0414. The van der Waals surface area contributed by atoms with Gasteiger partial charge in [0.05, 0.1) is 12.2 Å². The van der Waals surface area contributed by atoms with E-state index < -0.39 is 24.0 Å². The number of carboxylic acid groups (broad SMARTS) is 1. The number of benzene rings is 2. The molecule has 0 radical (unpaired) electrons. The second-order valence-corrected chi connectivity index (χ2v) is 5.81. The van der Waals surface area contributed by atoms with Crippen LogP contribution in [0.25, 0.3) is 0 Å². The highest BCUT2D eigenvalue weighted by Gasteiger charge is 2.33. The number of hydrogen-bond acceptors (Lipinski definition) is 3. The minimum atomic E-state index is -1.42. The number of halogens is 1. The molecular formula is C19H21FO4. The van der Waals surface area contributed by atoms with Gasteiger partial charge in [-0.25, -0.2) is 9.18 Å². The van der Waals surface area contributed by atoms with Crippen LogP contribution in [0.15, 0.2) is 42.5 Å². The summed E-state index contributed by atoms with van der Waals surface area (Å²) in [7, 11) is 0. The van der Waals surface area contributed by atoms with Gasteiger partial charge in [0, 0.05) is 0 Å². The van der Waals surface area contributed by atoms with E-state index in [1.807, 2.05) is 6.92 Å². The zero-order valence-electron chi connectivity index (χ0n) is 13.5. The molecule has 0 saturated carbocycles. The Morgan fingerprint density at radius 1 is 1.17 bits per heavy atom. The lowest BCUT2D eigenvalue weighted by molar-refractivity contribution is 0.0650. The van der Waals surface area contributed by atoms with E-state index in [-0.39, 0.29) is 5.56 Å². The van der Waals surface area contributed by atoms with Gasteiger partial charge < -0.3 is 15.3 Å². The fourth-order valence-electron chi connectivity index (χ4n) is 2.85. The highest BCUT2D eigenvalue weighted by atomic mass is 19.1. The van der Waals surface area contributed by atoms with E-state index in [0.717, 1.165) is 12.8 Å². The summed E-state index contributed by atoms with van der Waals surface area (Å²) in [4.78, 5) is 11.1. The van der Waals surface area contributed by atoms with Crippen molar-refractivity contribution in [2.45, 2.75) is 38.4 Å². The Morgan fingerprint density at radius 2 is 1.83 bits per heavy atom. The molecular weight excluding hydrogens is 311 g/mol. The van der Waals surface area contributed by atoms with Crippen molar-refractivity contribution >= 4 is 5.97 Å². The lowest BCUT2D eigenvalue weighted by Crippen LogP contribution is -2.29. The highest BCUT2D eigenvalue weighted by molar-refractivity contribution is 5.88. The molecule has 0 amide bonds. The average Bonchev–Trinajstić information content (AvgIpc) is 2.59. The first kappa shape index (κ1) is 18.1. The zero-order chi connectivity index (χ0) is 17.7. The molecule has 2 aromatic carbocycles. The molecule has 1 atom stereocenters. The molecule has 0 bridgehead atoms. The number of carboxylic acids is 1. The molecule has 0 aliphatic rings. The second-order valence-electron chi connectivity index (χ2n) is 5.81. The number of aromatic carboxylic acids is 1. The van der Waals surface area contributed by atoms with Gasteiger partial charge in [0.2, 0.25) is 0 Å². The molecule has 4 nitrogen and oxygen atoms in total. The fraction of sp³-hybridized carbons (Fsp3) is 0.316. The highest BCUT2D eigenvalue weighted by Crippen LogP contribution is 2.37. The number of unbranched alkanes of at least 4 members (excludes halogenated alkanes) is 1. The van der Waals surface area contributed by atoms with Crippen LogP contribution in [-0.2, 0) is 12.2 Å². The quantitative estimate of drug-likeness (QED) is 0.726. The standard InChI is InChI=1S/C19H21FO4/c1-2-3-10-19(24,15-5-7-16(20)8-6-15)17-9-4-13(18(22)23)11-14(17)12-21/h4-9,11,21,24H,2-3,10,12H2,1H3,(H,22,23). The molecule has 0 saturated heterocycles. The number of aliphatic hydroxyl groups is 2. The first-order valence-electron chi connectivity index (χ1n) is 7.88. The second kappa shape index (κ2) is 7.55. The van der Waals surface area contributed by atoms with Crippen molar-refractivity contribution in [2.24, 2.45) is 0 Å². The molecule has 3 N–H and O–H groups in total. The fourth-order valence-corrected chi connectivity index (χ4v) is 2.85. The van der Waals surface area contributed by atoms with Gasteiger partial charge in [0.25, 0.3) is 0 Å². The van der Waals surface area contributed by atoms with E-state index in [0.29, 0.717) is 23.1 Å². The molecule has 2 rings (SSSR count). The summed E-state index contributed by atoms with van der Waals surface area (Å²) >= 11 is 0. The van der Waals surface area contributed by atoms with Gasteiger partial charge in [0.1, 0.15) is 11.4 Å². The lowest BCUT2D eigenvalue weighted by Gasteiger charge is -2.31. The van der Waals surface area contributed by atoms with E-state index in [4.69, 9.17) is 5.11 Å². The van der Waals surface area contributed by atoms with Crippen molar-refractivity contribution in [1.29, 1.82) is 0 Å². The van der Waals surface area contributed by atoms with Gasteiger partial charge in [-0.05, 0) is 47.4 Å². The van der Waals surface area contributed by atoms with Crippen molar-refractivity contribution in [3.8, 4) is 0 Å². The van der Waals surface area contributed by atoms with Crippen LogP contribution >= 0.6 is 0 Å². The third-order valence-electron chi connectivity index (χ3n) is 4.18. The predicted octanol–water partition coefficient (Wildman–Crippen LogP) is 3.44. The van der Waals surface area contributed by atoms with Gasteiger partial charge in [-0.15, -0.1) is 0 Å². The van der Waals surface area contributed by atoms with Gasteiger partial charge in [0.15, 0.2) is 0 Å². The van der Waals surface area contributed by atoms with Crippen molar-refractivity contribution in [3.63, 3.8) is 0 Å². The Labute approximate surface area is 140 Å². The molecule has 2 aromatic rings. The summed E-state index contributed by atoms with van der Waals surface area (Å²) < 4.78 is 13.2. The van der Waals surface area contributed by atoms with Crippen molar-refractivity contribution in [2.75, 3.05) is 0 Å². The number of carbonyl (C=O) groups is 1. The zero-order valence-corrected chi connectivity index (χ0v) is 13.5. The summed E-state index contributed by atoms with van der Waals surface area (Å²) in [6, 6.07) is 9.85. The van der Waals surface area contributed by atoms with Crippen LogP contribution < -0.4 is 0 Å². The summed E-state index contributed by atoms with van der Waals surface area (Å²) in [5.74, 6) is -1.50. The Balaban J connectivity index is 2.59. The van der Waals surface area contributed by atoms with Crippen molar-refractivity contribution in [3.05, 3.63) is 70.5 Å². The van der Waals surface area contributed by atoms with Crippen LogP contribution in [0.3, 0.4) is 0 Å². The van der Waals surface area contributed by atoms with Crippen LogP contribution in [0, 0.1) is 5.82 Å². The first-order chi connectivity index (χ1) is 11.4. The maximum absolute atomic E-state index is 13.2. The monoisotopic (exact) mass is 332 g/mol. The summed E-state index contributed by atoms with van der Waals surface area (Å²) in [5, 5.41) is 30.1. The van der Waals surface area contributed by atoms with Crippen LogP contribution in [0.2, 0.25) is 0 Å². The number of hydrogen-bond donors (Lipinski definition) is 3. The van der Waals surface area contributed by atoms with Gasteiger partial charge in [-0.2, -0.15) is 0 Å². The maximum Gasteiger partial charge on any atom is 0.335 e. The van der Waals surface area contributed by atoms with Gasteiger partial charge in [-0.1, -0.05) is 38.0 Å². The largest absolute Gasteiger partial charge is 0.478 e. The van der Waals surface area contributed by atoms with Crippen molar-refractivity contribution in [1.82, 2.24) is 0 Å². The maximum atomic E-state index is 13.2. The van der Waals surface area contributed by atoms with Crippen LogP contribution in [-0.4, -0.2) is 21.3 Å². The Bertz CT molecular complexity index is 712. The molecule has 0 heterocycles. The molecule has 5 heteroatoms. The normalized spacial score (nSPS) is 13.5. The van der Waals surface area contributed by atoms with Crippen LogP contribution in [0.4, 0.5) is 4.39 Å². The van der Waals surface area contributed by atoms with Gasteiger partial charge >= 0.3 is 5.97 Å². The smallest absolute Gasteiger partial charge is 0.335 e. The van der Waals surface area contributed by atoms with E-state index in [1.165, 1.54) is 42.5 Å². The van der Waals surface area contributed by atoms with Crippen molar-refractivity contribution < 1.29 is 24.5 Å². The van der Waals surface area contributed by atoms with E-state index >= 15 is 0 Å². The molecule has 0 aromatic heterocycles. The van der Waals surface area contributed by atoms with E-state index in [2.05, 4.69) is 0 Å². The molecule has 0 aliphatic heterocycles. The lowest BCUT2D eigenvalue weighted by atomic mass is 9.79. The minimum Gasteiger partial charge on any atom is -0.478 e. The SMILES string of the molecule is CCCCC(O)(c1ccc(F)cc1)c1ccc(C(=O)O)cc1CO. The molecule has 1 unspecified atom stereocenters. The molecule has 0 aliphatic carbocycles. The van der Waals surface area contributed by atoms with E-state index in [9.17, 15) is 19.4 Å². The Morgan fingerprint density at radius 3 is 2.38 bits per heavy atom. The predicted molar refractivity (Wildman–Crippen MR) is 88.2 cm³/mol. The average molecular weight is 332 g/mol. The summed E-state index contributed by atoms with van der Waals surface area (Å²) in [6.07, 6.45) is 1.96. The summed E-state index contributed by atoms with van der Waals surface area (Å²) in [6.45, 7) is 1.59. The third-order valence-corrected chi connectivity index (χ3v) is 4.18. The topological polar surface area (TPSA) is 77.8 Å². The molecule has 0 fully saturated rings. The molecule has 128 valence electrons. The van der Waals surface area contributed by atoms with Gasteiger partial charge in [-0.3, -0.25) is 0 Å². The summed E-state index contributed by atoms with van der Waals surface area (Å²) in [5.41, 5.74) is -0.0820. The van der Waals surface area contributed by atoms with E-state index in [1.54, 1.807) is 0 Å². The molecule has 24 heavy (non-hydrogen) atoms. The Kier molecular flexibility index (Phi) is 5.70. The number of aliphatic hydroxyl groups excluding tert-OH is 1. The Hall–Kier alpha value is -2.24.